The van der Waals surface area contributed by atoms with Gasteiger partial charge in [-0.1, -0.05) is 18.2 Å². The summed E-state index contributed by atoms with van der Waals surface area (Å²) in [6.45, 7) is 2.06. The Balaban J connectivity index is 1.52. The molecular formula is C25H29N7O. The van der Waals surface area contributed by atoms with Gasteiger partial charge in [-0.05, 0) is 63.5 Å². The first-order chi connectivity index (χ1) is 15.9. The first-order valence-electron chi connectivity index (χ1n) is 10.9. The molecule has 170 valence electrons. The van der Waals surface area contributed by atoms with E-state index in [0.717, 1.165) is 41.8 Å². The Morgan fingerprint density at radius 1 is 1.03 bits per heavy atom. The van der Waals surface area contributed by atoms with E-state index in [1.165, 1.54) is 0 Å². The number of para-hydroxylation sites is 1. The van der Waals surface area contributed by atoms with Gasteiger partial charge < -0.3 is 25.4 Å². The number of rotatable bonds is 9. The van der Waals surface area contributed by atoms with Crippen molar-refractivity contribution in [2.75, 3.05) is 44.4 Å². The van der Waals surface area contributed by atoms with Gasteiger partial charge >= 0.3 is 0 Å². The van der Waals surface area contributed by atoms with Crippen LogP contribution in [0.1, 0.15) is 16.8 Å². The minimum absolute atomic E-state index is 0.462. The molecule has 0 atom stereocenters. The number of amides is 1. The van der Waals surface area contributed by atoms with Crippen LogP contribution in [0.5, 0.6) is 0 Å². The van der Waals surface area contributed by atoms with Gasteiger partial charge in [-0.2, -0.15) is 4.98 Å². The monoisotopic (exact) mass is 443 g/mol. The zero-order chi connectivity index (χ0) is 23.4. The molecule has 8 nitrogen and oxygen atoms in total. The van der Waals surface area contributed by atoms with Crippen LogP contribution in [0.2, 0.25) is 0 Å². The van der Waals surface area contributed by atoms with Crippen LogP contribution in [0.15, 0.2) is 67.0 Å². The molecule has 4 aromatic rings. The smallest absolute Gasteiger partial charge is 0.250 e. The number of carbonyl (C=O) groups excluding carboxylic acids is 1. The molecule has 0 saturated carbocycles. The molecule has 33 heavy (non-hydrogen) atoms. The summed E-state index contributed by atoms with van der Waals surface area (Å²) in [5.74, 6) is 0.649. The van der Waals surface area contributed by atoms with Crippen molar-refractivity contribution in [3.63, 3.8) is 0 Å². The lowest BCUT2D eigenvalue weighted by Crippen LogP contribution is -2.23. The van der Waals surface area contributed by atoms with E-state index in [2.05, 4.69) is 58.4 Å². The van der Waals surface area contributed by atoms with E-state index in [4.69, 9.17) is 5.73 Å². The van der Waals surface area contributed by atoms with E-state index in [-0.39, 0.29) is 0 Å². The zero-order valence-electron chi connectivity index (χ0n) is 19.2. The Morgan fingerprint density at radius 3 is 2.52 bits per heavy atom. The second-order valence-corrected chi connectivity index (χ2v) is 8.28. The molecular weight excluding hydrogens is 414 g/mol. The third kappa shape index (κ3) is 5.12. The molecule has 0 spiro atoms. The van der Waals surface area contributed by atoms with Crippen LogP contribution in [-0.2, 0) is 0 Å². The number of hydrogen-bond donors (Lipinski definition) is 2. The van der Waals surface area contributed by atoms with Crippen molar-refractivity contribution in [3.05, 3.63) is 72.6 Å². The highest BCUT2D eigenvalue weighted by Gasteiger charge is 2.14. The van der Waals surface area contributed by atoms with Crippen molar-refractivity contribution in [2.45, 2.75) is 6.42 Å². The average molecular weight is 444 g/mol. The zero-order valence-corrected chi connectivity index (χ0v) is 19.2. The summed E-state index contributed by atoms with van der Waals surface area (Å²) in [4.78, 5) is 25.3. The molecule has 8 heteroatoms. The number of anilines is 3. The van der Waals surface area contributed by atoms with Crippen molar-refractivity contribution >= 4 is 34.1 Å². The van der Waals surface area contributed by atoms with Crippen molar-refractivity contribution in [1.29, 1.82) is 0 Å². The van der Waals surface area contributed by atoms with Gasteiger partial charge in [0, 0.05) is 42.7 Å². The van der Waals surface area contributed by atoms with Crippen LogP contribution in [0.4, 0.5) is 17.3 Å². The van der Waals surface area contributed by atoms with Gasteiger partial charge in [0.2, 0.25) is 5.95 Å². The molecule has 0 aliphatic heterocycles. The van der Waals surface area contributed by atoms with E-state index >= 15 is 0 Å². The fraction of sp³-hybridized carbons (Fsp3) is 0.240. The Kier molecular flexibility index (Phi) is 6.55. The standard InChI is InChI=1S/C25H29N7O/c1-30(2)15-6-16-31(3)19-11-9-18(10-12-19)28-25-27-14-13-23(29-25)32-17-21(24(26)33)20-7-4-5-8-22(20)32/h4-5,7-14,17H,6,15-16H2,1-3H3,(H2,26,33)(H,27,28,29). The molecule has 3 N–H and O–H groups in total. The lowest BCUT2D eigenvalue weighted by molar-refractivity contribution is 0.100. The molecule has 0 aliphatic carbocycles. The van der Waals surface area contributed by atoms with E-state index in [9.17, 15) is 4.79 Å². The lowest BCUT2D eigenvalue weighted by Gasteiger charge is -2.20. The lowest BCUT2D eigenvalue weighted by atomic mass is 10.2. The third-order valence-electron chi connectivity index (χ3n) is 5.53. The molecule has 2 heterocycles. The summed E-state index contributed by atoms with van der Waals surface area (Å²) < 4.78 is 1.86. The number of nitrogens with two attached hydrogens (primary N) is 1. The van der Waals surface area contributed by atoms with Gasteiger partial charge in [0.05, 0.1) is 11.1 Å². The second-order valence-electron chi connectivity index (χ2n) is 8.28. The van der Waals surface area contributed by atoms with E-state index in [0.29, 0.717) is 17.3 Å². The number of carbonyl (C=O) groups is 1. The maximum absolute atomic E-state index is 11.9. The molecule has 0 saturated heterocycles. The largest absolute Gasteiger partial charge is 0.375 e. The van der Waals surface area contributed by atoms with Crippen molar-refractivity contribution in [2.24, 2.45) is 5.73 Å². The van der Waals surface area contributed by atoms with Crippen molar-refractivity contribution < 1.29 is 4.79 Å². The summed E-state index contributed by atoms with van der Waals surface area (Å²) in [5.41, 5.74) is 8.95. The maximum Gasteiger partial charge on any atom is 0.250 e. The Hall–Kier alpha value is -3.91. The van der Waals surface area contributed by atoms with Crippen LogP contribution in [0, 0.1) is 0 Å². The SMILES string of the molecule is CN(C)CCCN(C)c1ccc(Nc2nccc(-n3cc(C(N)=O)c4ccccc43)n2)cc1. The van der Waals surface area contributed by atoms with Gasteiger partial charge in [-0.15, -0.1) is 0 Å². The van der Waals surface area contributed by atoms with Gasteiger partial charge in [0.25, 0.3) is 5.91 Å². The van der Waals surface area contributed by atoms with E-state index in [1.54, 1.807) is 18.5 Å². The number of fused-ring (bicyclic) bond motifs is 1. The van der Waals surface area contributed by atoms with Gasteiger partial charge in [-0.3, -0.25) is 4.79 Å². The summed E-state index contributed by atoms with van der Waals surface area (Å²) >= 11 is 0. The van der Waals surface area contributed by atoms with Gasteiger partial charge in [-0.25, -0.2) is 4.98 Å². The van der Waals surface area contributed by atoms with Crippen molar-refractivity contribution in [1.82, 2.24) is 19.4 Å². The molecule has 0 bridgehead atoms. The Labute approximate surface area is 193 Å². The predicted molar refractivity (Wildman–Crippen MR) is 134 cm³/mol. The van der Waals surface area contributed by atoms with Crippen LogP contribution < -0.4 is 16.0 Å². The highest BCUT2D eigenvalue weighted by Crippen LogP contribution is 2.25. The van der Waals surface area contributed by atoms with Crippen LogP contribution in [0.25, 0.3) is 16.7 Å². The van der Waals surface area contributed by atoms with Crippen molar-refractivity contribution in [3.8, 4) is 5.82 Å². The number of nitrogens with zero attached hydrogens (tertiary/aromatic N) is 5. The summed E-state index contributed by atoms with van der Waals surface area (Å²) in [6.07, 6.45) is 4.52. The highest BCUT2D eigenvalue weighted by atomic mass is 16.1. The van der Waals surface area contributed by atoms with Gasteiger partial charge in [0.15, 0.2) is 0 Å². The first kappa shape index (κ1) is 22.3. The molecule has 0 unspecified atom stereocenters. The van der Waals surface area contributed by atoms with Crippen LogP contribution in [0.3, 0.4) is 0 Å². The fourth-order valence-electron chi connectivity index (χ4n) is 3.79. The number of hydrogen-bond acceptors (Lipinski definition) is 6. The van der Waals surface area contributed by atoms with Gasteiger partial charge in [0.1, 0.15) is 5.82 Å². The molecule has 1 amide bonds. The van der Waals surface area contributed by atoms with E-state index < -0.39 is 5.91 Å². The second kappa shape index (κ2) is 9.70. The molecule has 0 fully saturated rings. The molecule has 4 rings (SSSR count). The van der Waals surface area contributed by atoms with E-state index in [1.807, 2.05) is 41.0 Å². The quantitative estimate of drug-likeness (QED) is 0.410. The highest BCUT2D eigenvalue weighted by molar-refractivity contribution is 6.06. The molecule has 0 aliphatic rings. The summed E-state index contributed by atoms with van der Waals surface area (Å²) in [7, 11) is 6.28. The maximum atomic E-state index is 11.9. The molecule has 2 aromatic heterocycles. The number of benzene rings is 2. The van der Waals surface area contributed by atoms with Crippen LogP contribution in [-0.4, -0.2) is 59.6 Å². The normalized spacial score (nSPS) is 11.2. The molecule has 0 radical (unpaired) electrons. The predicted octanol–water partition coefficient (Wildman–Crippen LogP) is 3.65. The van der Waals surface area contributed by atoms with Crippen LogP contribution >= 0.6 is 0 Å². The third-order valence-corrected chi connectivity index (χ3v) is 5.53. The summed E-state index contributed by atoms with van der Waals surface area (Å²) in [6, 6.07) is 17.6. The molecule has 2 aromatic carbocycles. The number of aromatic nitrogens is 3. The Morgan fingerprint density at radius 2 is 1.79 bits per heavy atom. The number of primary amides is 1. The average Bonchev–Trinajstić information content (AvgIpc) is 3.20. The topological polar surface area (TPSA) is 92.3 Å². The fourth-order valence-corrected chi connectivity index (χ4v) is 3.79. The number of nitrogens with one attached hydrogen (secondary N) is 1. The minimum atomic E-state index is -0.468. The minimum Gasteiger partial charge on any atom is -0.375 e. The summed E-state index contributed by atoms with van der Waals surface area (Å²) in [5, 5.41) is 4.06. The first-order valence-corrected chi connectivity index (χ1v) is 10.9. The Bertz CT molecular complexity index is 1250.